The van der Waals surface area contributed by atoms with Gasteiger partial charge in [-0.2, -0.15) is 0 Å². The summed E-state index contributed by atoms with van der Waals surface area (Å²) in [7, 11) is 3.32. The SMILES string of the molecule is COc1cccc(OC)c1CNCc1coc(-c2ccc(C(C)(C)C)cc2)n1. The molecule has 148 valence electrons. The number of ether oxygens (including phenoxy) is 2. The summed E-state index contributed by atoms with van der Waals surface area (Å²) in [5, 5.41) is 3.38. The molecule has 0 amide bonds. The Balaban J connectivity index is 1.65. The van der Waals surface area contributed by atoms with Gasteiger partial charge in [0.25, 0.3) is 0 Å². The van der Waals surface area contributed by atoms with Gasteiger partial charge in [0.1, 0.15) is 17.8 Å². The van der Waals surface area contributed by atoms with Crippen molar-refractivity contribution in [3.8, 4) is 23.0 Å². The summed E-state index contributed by atoms with van der Waals surface area (Å²) >= 11 is 0. The monoisotopic (exact) mass is 380 g/mol. The van der Waals surface area contributed by atoms with Gasteiger partial charge in [-0.3, -0.25) is 0 Å². The van der Waals surface area contributed by atoms with Crippen LogP contribution in [0.2, 0.25) is 0 Å². The Hall–Kier alpha value is -2.79. The first kappa shape index (κ1) is 20.0. The molecule has 2 aromatic carbocycles. The molecule has 0 atom stereocenters. The molecule has 1 N–H and O–H groups in total. The molecule has 0 aliphatic rings. The second-order valence-corrected chi connectivity index (χ2v) is 7.72. The number of hydrogen-bond acceptors (Lipinski definition) is 5. The molecule has 0 fully saturated rings. The summed E-state index contributed by atoms with van der Waals surface area (Å²) in [5.41, 5.74) is 4.22. The van der Waals surface area contributed by atoms with Crippen LogP contribution in [0.5, 0.6) is 11.5 Å². The second kappa shape index (κ2) is 8.48. The van der Waals surface area contributed by atoms with Gasteiger partial charge in [0, 0.05) is 24.2 Å². The Bertz CT molecular complexity index is 886. The first-order valence-electron chi connectivity index (χ1n) is 9.38. The predicted molar refractivity (Wildman–Crippen MR) is 111 cm³/mol. The zero-order valence-electron chi connectivity index (χ0n) is 17.2. The molecule has 0 radical (unpaired) electrons. The molecular formula is C23H28N2O3. The van der Waals surface area contributed by atoms with E-state index >= 15 is 0 Å². The van der Waals surface area contributed by atoms with E-state index in [0.717, 1.165) is 28.3 Å². The Labute approximate surface area is 166 Å². The molecule has 3 rings (SSSR count). The molecule has 0 aliphatic carbocycles. The number of rotatable bonds is 7. The lowest BCUT2D eigenvalue weighted by molar-refractivity contribution is 0.382. The van der Waals surface area contributed by atoms with Crippen LogP contribution in [-0.4, -0.2) is 19.2 Å². The molecule has 0 saturated heterocycles. The van der Waals surface area contributed by atoms with E-state index in [-0.39, 0.29) is 5.41 Å². The summed E-state index contributed by atoms with van der Waals surface area (Å²) in [6, 6.07) is 14.1. The highest BCUT2D eigenvalue weighted by molar-refractivity contribution is 5.54. The minimum Gasteiger partial charge on any atom is -0.496 e. The van der Waals surface area contributed by atoms with Crippen molar-refractivity contribution >= 4 is 0 Å². The van der Waals surface area contributed by atoms with Crippen molar-refractivity contribution in [1.29, 1.82) is 0 Å². The van der Waals surface area contributed by atoms with E-state index in [1.807, 2.05) is 18.2 Å². The van der Waals surface area contributed by atoms with Crippen molar-refractivity contribution in [2.45, 2.75) is 39.3 Å². The largest absolute Gasteiger partial charge is 0.496 e. The van der Waals surface area contributed by atoms with Crippen LogP contribution in [0, 0.1) is 0 Å². The van der Waals surface area contributed by atoms with E-state index in [4.69, 9.17) is 13.9 Å². The normalized spacial score (nSPS) is 11.5. The average Bonchev–Trinajstić information content (AvgIpc) is 3.16. The zero-order valence-corrected chi connectivity index (χ0v) is 17.2. The number of nitrogens with one attached hydrogen (secondary N) is 1. The van der Waals surface area contributed by atoms with Gasteiger partial charge in [-0.05, 0) is 35.2 Å². The average molecular weight is 380 g/mol. The molecular weight excluding hydrogens is 352 g/mol. The third kappa shape index (κ3) is 4.54. The maximum absolute atomic E-state index is 5.67. The molecule has 1 aromatic heterocycles. The summed E-state index contributed by atoms with van der Waals surface area (Å²) in [6.45, 7) is 7.80. The van der Waals surface area contributed by atoms with Crippen LogP contribution in [0.25, 0.3) is 11.5 Å². The third-order valence-electron chi connectivity index (χ3n) is 4.69. The number of oxazole rings is 1. The molecule has 0 spiro atoms. The first-order valence-corrected chi connectivity index (χ1v) is 9.38. The summed E-state index contributed by atoms with van der Waals surface area (Å²) < 4.78 is 16.5. The minimum atomic E-state index is 0.129. The summed E-state index contributed by atoms with van der Waals surface area (Å²) in [6.07, 6.45) is 1.69. The summed E-state index contributed by atoms with van der Waals surface area (Å²) in [4.78, 5) is 4.60. The van der Waals surface area contributed by atoms with Crippen molar-refractivity contribution in [3.05, 3.63) is 65.5 Å². The number of methoxy groups -OCH3 is 2. The topological polar surface area (TPSA) is 56.5 Å². The standard InChI is InChI=1S/C23H28N2O3/c1-23(2,3)17-11-9-16(10-12-17)22-25-18(15-28-22)13-24-14-19-20(26-4)7-6-8-21(19)27-5/h6-12,15,24H,13-14H2,1-5H3. The fourth-order valence-electron chi connectivity index (χ4n) is 3.05. The highest BCUT2D eigenvalue weighted by Gasteiger charge is 2.14. The lowest BCUT2D eigenvalue weighted by atomic mass is 9.87. The molecule has 3 aromatic rings. The second-order valence-electron chi connectivity index (χ2n) is 7.72. The van der Waals surface area contributed by atoms with E-state index in [1.54, 1.807) is 20.5 Å². The molecule has 0 unspecified atom stereocenters. The number of aromatic nitrogens is 1. The quantitative estimate of drug-likeness (QED) is 0.629. The highest BCUT2D eigenvalue weighted by atomic mass is 16.5. The Morgan fingerprint density at radius 3 is 2.14 bits per heavy atom. The predicted octanol–water partition coefficient (Wildman–Crippen LogP) is 4.95. The van der Waals surface area contributed by atoms with E-state index in [0.29, 0.717) is 19.0 Å². The van der Waals surface area contributed by atoms with E-state index in [9.17, 15) is 0 Å². The van der Waals surface area contributed by atoms with Gasteiger partial charge in [0.05, 0.1) is 19.9 Å². The lowest BCUT2D eigenvalue weighted by Gasteiger charge is -2.18. The third-order valence-corrected chi connectivity index (χ3v) is 4.69. The first-order chi connectivity index (χ1) is 13.4. The molecule has 0 aliphatic heterocycles. The van der Waals surface area contributed by atoms with Crippen LogP contribution in [0.15, 0.2) is 53.1 Å². The van der Waals surface area contributed by atoms with Crippen LogP contribution in [-0.2, 0) is 18.5 Å². The Morgan fingerprint density at radius 2 is 1.57 bits per heavy atom. The van der Waals surface area contributed by atoms with Gasteiger partial charge in [-0.1, -0.05) is 39.0 Å². The minimum absolute atomic E-state index is 0.129. The van der Waals surface area contributed by atoms with Crippen molar-refractivity contribution < 1.29 is 13.9 Å². The molecule has 5 nitrogen and oxygen atoms in total. The fourth-order valence-corrected chi connectivity index (χ4v) is 3.05. The smallest absolute Gasteiger partial charge is 0.226 e. The molecule has 0 saturated carbocycles. The van der Waals surface area contributed by atoms with Crippen molar-refractivity contribution in [2.75, 3.05) is 14.2 Å². The van der Waals surface area contributed by atoms with Crippen molar-refractivity contribution in [1.82, 2.24) is 10.3 Å². The highest BCUT2D eigenvalue weighted by Crippen LogP contribution is 2.28. The lowest BCUT2D eigenvalue weighted by Crippen LogP contribution is -2.14. The van der Waals surface area contributed by atoms with Gasteiger partial charge in [-0.25, -0.2) is 4.98 Å². The summed E-state index contributed by atoms with van der Waals surface area (Å²) in [5.74, 6) is 2.23. The fraction of sp³-hybridized carbons (Fsp3) is 0.348. The Morgan fingerprint density at radius 1 is 0.929 bits per heavy atom. The van der Waals surface area contributed by atoms with Gasteiger partial charge in [-0.15, -0.1) is 0 Å². The van der Waals surface area contributed by atoms with Gasteiger partial charge < -0.3 is 19.2 Å². The van der Waals surface area contributed by atoms with Crippen LogP contribution >= 0.6 is 0 Å². The number of benzene rings is 2. The molecule has 5 heteroatoms. The van der Waals surface area contributed by atoms with E-state index in [1.165, 1.54) is 5.56 Å². The van der Waals surface area contributed by atoms with Crippen LogP contribution in [0.3, 0.4) is 0 Å². The van der Waals surface area contributed by atoms with Crippen LogP contribution in [0.4, 0.5) is 0 Å². The van der Waals surface area contributed by atoms with Gasteiger partial charge in [0.15, 0.2) is 0 Å². The molecule has 1 heterocycles. The van der Waals surface area contributed by atoms with E-state index in [2.05, 4.69) is 55.3 Å². The van der Waals surface area contributed by atoms with Gasteiger partial charge in [0.2, 0.25) is 5.89 Å². The zero-order chi connectivity index (χ0) is 20.1. The van der Waals surface area contributed by atoms with Crippen LogP contribution < -0.4 is 14.8 Å². The van der Waals surface area contributed by atoms with Crippen LogP contribution in [0.1, 0.15) is 37.6 Å². The number of nitrogens with zero attached hydrogens (tertiary/aromatic N) is 1. The van der Waals surface area contributed by atoms with Crippen molar-refractivity contribution in [2.24, 2.45) is 0 Å². The maximum Gasteiger partial charge on any atom is 0.226 e. The number of hydrogen-bond donors (Lipinski definition) is 1. The van der Waals surface area contributed by atoms with Gasteiger partial charge >= 0.3 is 0 Å². The Kier molecular flexibility index (Phi) is 6.05. The maximum atomic E-state index is 5.67. The molecule has 28 heavy (non-hydrogen) atoms. The van der Waals surface area contributed by atoms with E-state index < -0.39 is 0 Å². The van der Waals surface area contributed by atoms with Crippen molar-refractivity contribution in [3.63, 3.8) is 0 Å². The molecule has 0 bridgehead atoms.